The molecule has 1 atom stereocenters. The van der Waals surface area contributed by atoms with E-state index >= 15 is 0 Å². The van der Waals surface area contributed by atoms with Gasteiger partial charge >= 0.3 is 0 Å². The molecule has 0 saturated carbocycles. The van der Waals surface area contributed by atoms with Gasteiger partial charge in [-0.05, 0) is 33.4 Å². The Labute approximate surface area is 142 Å². The third kappa shape index (κ3) is 2.57. The van der Waals surface area contributed by atoms with Crippen molar-refractivity contribution in [2.24, 2.45) is 0 Å². The zero-order valence-corrected chi connectivity index (χ0v) is 14.6. The topological polar surface area (TPSA) is 59.3 Å². The first-order valence-electron chi connectivity index (χ1n) is 8.47. The van der Waals surface area contributed by atoms with Crippen LogP contribution >= 0.6 is 0 Å². The fourth-order valence-corrected chi connectivity index (χ4v) is 3.74. The van der Waals surface area contributed by atoms with Crippen molar-refractivity contribution in [2.45, 2.75) is 25.8 Å². The van der Waals surface area contributed by atoms with Crippen molar-refractivity contribution in [1.29, 1.82) is 0 Å². The summed E-state index contributed by atoms with van der Waals surface area (Å²) in [6.45, 7) is 8.56. The highest BCUT2D eigenvalue weighted by molar-refractivity contribution is 5.41. The molecule has 128 valence electrons. The summed E-state index contributed by atoms with van der Waals surface area (Å²) in [5.41, 5.74) is 2.16. The highest BCUT2D eigenvalue weighted by Gasteiger charge is 2.43. The van der Waals surface area contributed by atoms with Gasteiger partial charge in [-0.15, -0.1) is 0 Å². The van der Waals surface area contributed by atoms with Crippen molar-refractivity contribution in [3.8, 4) is 5.82 Å². The molecule has 7 nitrogen and oxygen atoms in total. The van der Waals surface area contributed by atoms with Gasteiger partial charge in [-0.2, -0.15) is 5.10 Å². The SMILES string of the molecule is Cc1cc(C)n(-c2cncc(N3CCN(C)C4(CCOC4)C3)n2)n1. The molecule has 4 heterocycles. The quantitative estimate of drug-likeness (QED) is 0.825. The van der Waals surface area contributed by atoms with E-state index in [4.69, 9.17) is 9.72 Å². The molecule has 0 radical (unpaired) electrons. The lowest BCUT2D eigenvalue weighted by atomic mass is 9.93. The average Bonchev–Trinajstić information content (AvgIpc) is 3.17. The van der Waals surface area contributed by atoms with Crippen LogP contribution in [0.5, 0.6) is 0 Å². The second kappa shape index (κ2) is 5.82. The van der Waals surface area contributed by atoms with E-state index in [1.807, 2.05) is 24.7 Å². The van der Waals surface area contributed by atoms with Crippen LogP contribution in [0.3, 0.4) is 0 Å². The summed E-state index contributed by atoms with van der Waals surface area (Å²) < 4.78 is 7.54. The maximum Gasteiger partial charge on any atom is 0.174 e. The van der Waals surface area contributed by atoms with Crippen LogP contribution < -0.4 is 4.90 Å². The van der Waals surface area contributed by atoms with Gasteiger partial charge in [0.05, 0.1) is 30.2 Å². The number of anilines is 1. The predicted octanol–water partition coefficient (Wildman–Crippen LogP) is 1.19. The second-order valence-electron chi connectivity index (χ2n) is 6.94. The van der Waals surface area contributed by atoms with Gasteiger partial charge in [0.1, 0.15) is 5.82 Å². The van der Waals surface area contributed by atoms with Crippen LogP contribution in [0.25, 0.3) is 5.82 Å². The van der Waals surface area contributed by atoms with Gasteiger partial charge in [-0.3, -0.25) is 9.88 Å². The van der Waals surface area contributed by atoms with Gasteiger partial charge in [0, 0.05) is 31.9 Å². The lowest BCUT2D eigenvalue weighted by Crippen LogP contribution is -2.61. The monoisotopic (exact) mass is 328 g/mol. The van der Waals surface area contributed by atoms with E-state index in [9.17, 15) is 0 Å². The maximum atomic E-state index is 5.69. The van der Waals surface area contributed by atoms with E-state index in [-0.39, 0.29) is 5.54 Å². The lowest BCUT2D eigenvalue weighted by molar-refractivity contribution is 0.0775. The Balaban J connectivity index is 1.63. The van der Waals surface area contributed by atoms with Crippen LogP contribution in [-0.2, 0) is 4.74 Å². The molecule has 0 aromatic carbocycles. The summed E-state index contributed by atoms with van der Waals surface area (Å²) >= 11 is 0. The molecule has 0 aliphatic carbocycles. The van der Waals surface area contributed by atoms with Crippen molar-refractivity contribution in [2.75, 3.05) is 44.8 Å². The van der Waals surface area contributed by atoms with Crippen molar-refractivity contribution in [1.82, 2.24) is 24.6 Å². The Hall–Kier alpha value is -1.99. The van der Waals surface area contributed by atoms with Crippen molar-refractivity contribution in [3.63, 3.8) is 0 Å². The molecule has 2 saturated heterocycles. The smallest absolute Gasteiger partial charge is 0.174 e. The number of aromatic nitrogens is 4. The average molecular weight is 328 g/mol. The molecule has 2 aliphatic rings. The van der Waals surface area contributed by atoms with Crippen molar-refractivity contribution < 1.29 is 4.74 Å². The van der Waals surface area contributed by atoms with E-state index < -0.39 is 0 Å². The molecule has 7 heteroatoms. The van der Waals surface area contributed by atoms with Gasteiger partial charge in [0.25, 0.3) is 0 Å². The van der Waals surface area contributed by atoms with E-state index in [0.29, 0.717) is 0 Å². The van der Waals surface area contributed by atoms with Crippen LogP contribution in [-0.4, -0.2) is 70.1 Å². The van der Waals surface area contributed by atoms with E-state index in [2.05, 4.69) is 33.0 Å². The van der Waals surface area contributed by atoms with Gasteiger partial charge in [0.15, 0.2) is 5.82 Å². The highest BCUT2D eigenvalue weighted by Crippen LogP contribution is 2.30. The largest absolute Gasteiger partial charge is 0.379 e. The Bertz CT molecular complexity index is 736. The molecule has 1 spiro atoms. The molecule has 1 unspecified atom stereocenters. The molecule has 24 heavy (non-hydrogen) atoms. The van der Waals surface area contributed by atoms with Gasteiger partial charge < -0.3 is 9.64 Å². The zero-order chi connectivity index (χ0) is 16.7. The van der Waals surface area contributed by atoms with Crippen LogP contribution in [0.2, 0.25) is 0 Å². The third-order valence-electron chi connectivity index (χ3n) is 5.24. The number of hydrogen-bond acceptors (Lipinski definition) is 6. The molecular weight excluding hydrogens is 304 g/mol. The summed E-state index contributed by atoms with van der Waals surface area (Å²) in [6.07, 6.45) is 4.70. The Morgan fingerprint density at radius 2 is 2.00 bits per heavy atom. The van der Waals surface area contributed by atoms with E-state index in [1.54, 1.807) is 6.20 Å². The minimum Gasteiger partial charge on any atom is -0.379 e. The minimum atomic E-state index is 0.105. The second-order valence-corrected chi connectivity index (χ2v) is 6.94. The lowest BCUT2D eigenvalue weighted by Gasteiger charge is -2.46. The minimum absolute atomic E-state index is 0.105. The molecule has 2 aromatic rings. The van der Waals surface area contributed by atoms with Gasteiger partial charge in [0.2, 0.25) is 0 Å². The zero-order valence-electron chi connectivity index (χ0n) is 14.6. The number of rotatable bonds is 2. The van der Waals surface area contributed by atoms with Crippen LogP contribution in [0.4, 0.5) is 5.82 Å². The summed E-state index contributed by atoms with van der Waals surface area (Å²) in [7, 11) is 2.20. The number of piperazine rings is 1. The Morgan fingerprint density at radius 1 is 1.17 bits per heavy atom. The third-order valence-corrected chi connectivity index (χ3v) is 5.24. The Morgan fingerprint density at radius 3 is 2.71 bits per heavy atom. The van der Waals surface area contributed by atoms with Gasteiger partial charge in [-0.25, -0.2) is 9.67 Å². The molecule has 2 fully saturated rings. The summed E-state index contributed by atoms with van der Waals surface area (Å²) in [5, 5.41) is 4.52. The van der Waals surface area contributed by atoms with Gasteiger partial charge in [-0.1, -0.05) is 0 Å². The van der Waals surface area contributed by atoms with Crippen LogP contribution in [0.1, 0.15) is 17.8 Å². The summed E-state index contributed by atoms with van der Waals surface area (Å²) in [4.78, 5) is 14.0. The number of likely N-dealkylation sites (N-methyl/N-ethyl adjacent to an activating group) is 1. The summed E-state index contributed by atoms with van der Waals surface area (Å²) in [5.74, 6) is 1.69. The molecule has 0 N–H and O–H groups in total. The molecule has 2 aliphatic heterocycles. The normalized spacial score (nSPS) is 24.9. The highest BCUT2D eigenvalue weighted by atomic mass is 16.5. The van der Waals surface area contributed by atoms with Crippen LogP contribution in [0, 0.1) is 13.8 Å². The van der Waals surface area contributed by atoms with Crippen molar-refractivity contribution in [3.05, 3.63) is 29.8 Å². The fraction of sp³-hybridized carbons (Fsp3) is 0.588. The molecule has 4 rings (SSSR count). The summed E-state index contributed by atoms with van der Waals surface area (Å²) in [6, 6.07) is 2.05. The Kier molecular flexibility index (Phi) is 3.77. The maximum absolute atomic E-state index is 5.69. The van der Waals surface area contributed by atoms with Crippen LogP contribution in [0.15, 0.2) is 18.5 Å². The molecule has 2 aromatic heterocycles. The molecule has 0 amide bonds. The standard InChI is InChI=1S/C17H24N6O/c1-13-8-14(2)23(20-13)16-10-18-9-15(19-16)22-6-5-21(3)17(11-22)4-7-24-12-17/h8-10H,4-7,11-12H2,1-3H3. The number of nitrogens with zero attached hydrogens (tertiary/aromatic N) is 6. The van der Waals surface area contributed by atoms with E-state index in [0.717, 1.165) is 62.3 Å². The molecule has 0 bridgehead atoms. The van der Waals surface area contributed by atoms with Crippen molar-refractivity contribution >= 4 is 5.82 Å². The van der Waals surface area contributed by atoms with E-state index in [1.165, 1.54) is 0 Å². The fourth-order valence-electron chi connectivity index (χ4n) is 3.74. The predicted molar refractivity (Wildman–Crippen MR) is 91.6 cm³/mol. The number of hydrogen-bond donors (Lipinski definition) is 0. The first-order valence-corrected chi connectivity index (χ1v) is 8.47. The number of aryl methyl sites for hydroxylation is 2. The first kappa shape index (κ1) is 15.5. The first-order chi connectivity index (χ1) is 11.6. The molecular formula is C17H24N6O. The number of ether oxygens (including phenoxy) is 1.